The van der Waals surface area contributed by atoms with Crippen LogP contribution in [0, 0.1) is 0 Å². The largest absolute Gasteiger partial charge is 0.423 e. The monoisotopic (exact) mass is 342 g/mol. The van der Waals surface area contributed by atoms with Gasteiger partial charge in [0.05, 0.1) is 0 Å². The summed E-state index contributed by atoms with van der Waals surface area (Å²) in [5.41, 5.74) is 1.04. The molecule has 0 heterocycles. The fourth-order valence-corrected chi connectivity index (χ4v) is 1.81. The maximum Gasteiger partial charge on any atom is 0.311 e. The molecule has 0 unspecified atom stereocenters. The summed E-state index contributed by atoms with van der Waals surface area (Å²) in [6.07, 6.45) is 2.39. The second kappa shape index (κ2) is 8.74. The Morgan fingerprint density at radius 1 is 1.05 bits per heavy atom. The second-order valence-corrected chi connectivity index (χ2v) is 5.02. The van der Waals surface area contributed by atoms with E-state index in [1.54, 1.807) is 26.0 Å². The highest BCUT2D eigenvalue weighted by atomic mass is 79.9. The lowest BCUT2D eigenvalue weighted by molar-refractivity contribution is -0.136. The van der Waals surface area contributed by atoms with Crippen LogP contribution in [0.15, 0.2) is 18.2 Å². The highest BCUT2D eigenvalue weighted by Gasteiger charge is 2.13. The summed E-state index contributed by atoms with van der Waals surface area (Å²) in [5.74, 6) is -0.101. The molecule has 0 atom stereocenters. The standard InChI is InChI=1S/C15H19BrO4/c1-3-14(17)19-12-8-7-11(6-5-9-16)10-13(12)20-15(18)4-2/h7-8,10H,3-6,9H2,1-2H3. The molecule has 5 heteroatoms. The number of benzene rings is 1. The van der Waals surface area contributed by atoms with Crippen LogP contribution in [0.2, 0.25) is 0 Å². The van der Waals surface area contributed by atoms with Crippen molar-refractivity contribution >= 4 is 27.9 Å². The van der Waals surface area contributed by atoms with E-state index in [1.165, 1.54) is 0 Å². The zero-order valence-electron chi connectivity index (χ0n) is 11.8. The molecule has 0 saturated carbocycles. The predicted octanol–water partition coefficient (Wildman–Crippen LogP) is 3.64. The number of ether oxygens (including phenoxy) is 2. The Morgan fingerprint density at radius 3 is 2.20 bits per heavy atom. The molecule has 110 valence electrons. The lowest BCUT2D eigenvalue weighted by atomic mass is 10.1. The van der Waals surface area contributed by atoms with E-state index in [2.05, 4.69) is 15.9 Å². The van der Waals surface area contributed by atoms with E-state index in [-0.39, 0.29) is 24.8 Å². The van der Waals surface area contributed by atoms with Crippen molar-refractivity contribution in [1.82, 2.24) is 0 Å². The summed E-state index contributed by atoms with van der Waals surface area (Å²) < 4.78 is 10.4. The van der Waals surface area contributed by atoms with Gasteiger partial charge in [-0.25, -0.2) is 0 Å². The molecule has 0 aliphatic carbocycles. The van der Waals surface area contributed by atoms with Crippen molar-refractivity contribution in [2.24, 2.45) is 0 Å². The summed E-state index contributed by atoms with van der Waals surface area (Å²) in [4.78, 5) is 22.8. The van der Waals surface area contributed by atoms with Crippen LogP contribution in [-0.4, -0.2) is 17.3 Å². The summed E-state index contributed by atoms with van der Waals surface area (Å²) in [5, 5.41) is 0.906. The number of esters is 2. The molecule has 1 aromatic rings. The minimum absolute atomic E-state index is 0.270. The number of carbonyl (C=O) groups excluding carboxylic acids is 2. The van der Waals surface area contributed by atoms with Crippen LogP contribution in [0.1, 0.15) is 38.7 Å². The van der Waals surface area contributed by atoms with Crippen LogP contribution >= 0.6 is 15.9 Å². The number of carbonyl (C=O) groups is 2. The van der Waals surface area contributed by atoms with Gasteiger partial charge in [0.25, 0.3) is 0 Å². The Hall–Kier alpha value is -1.36. The van der Waals surface area contributed by atoms with Crippen molar-refractivity contribution in [3.05, 3.63) is 23.8 Å². The van der Waals surface area contributed by atoms with Gasteiger partial charge in [0.1, 0.15) is 0 Å². The molecule has 4 nitrogen and oxygen atoms in total. The second-order valence-electron chi connectivity index (χ2n) is 4.23. The number of hydrogen-bond donors (Lipinski definition) is 0. The van der Waals surface area contributed by atoms with Gasteiger partial charge in [-0.15, -0.1) is 0 Å². The Kier molecular flexibility index (Phi) is 7.30. The minimum Gasteiger partial charge on any atom is -0.423 e. The van der Waals surface area contributed by atoms with Crippen molar-refractivity contribution in [3.63, 3.8) is 0 Å². The predicted molar refractivity (Wildman–Crippen MR) is 80.4 cm³/mol. The van der Waals surface area contributed by atoms with Crippen molar-refractivity contribution in [2.45, 2.75) is 39.5 Å². The molecule has 1 rings (SSSR count). The average Bonchev–Trinajstić information content (AvgIpc) is 2.46. The minimum atomic E-state index is -0.355. The molecule has 0 aliphatic rings. The highest BCUT2D eigenvalue weighted by molar-refractivity contribution is 9.09. The molecule has 0 N–H and O–H groups in total. The first-order valence-electron chi connectivity index (χ1n) is 6.70. The Morgan fingerprint density at radius 2 is 1.65 bits per heavy atom. The van der Waals surface area contributed by atoms with Crippen molar-refractivity contribution in [3.8, 4) is 11.5 Å². The number of aryl methyl sites for hydroxylation is 1. The quantitative estimate of drug-likeness (QED) is 0.431. The van der Waals surface area contributed by atoms with E-state index >= 15 is 0 Å². The molecule has 20 heavy (non-hydrogen) atoms. The highest BCUT2D eigenvalue weighted by Crippen LogP contribution is 2.29. The maximum atomic E-state index is 11.4. The third-order valence-corrected chi connectivity index (χ3v) is 3.19. The molecule has 0 spiro atoms. The van der Waals surface area contributed by atoms with Crippen molar-refractivity contribution < 1.29 is 19.1 Å². The van der Waals surface area contributed by atoms with E-state index < -0.39 is 0 Å². The number of rotatable bonds is 7. The lowest BCUT2D eigenvalue weighted by Crippen LogP contribution is -2.10. The van der Waals surface area contributed by atoms with Crippen LogP contribution in [-0.2, 0) is 16.0 Å². The van der Waals surface area contributed by atoms with Gasteiger partial charge in [-0.1, -0.05) is 35.8 Å². The molecule has 1 aromatic carbocycles. The van der Waals surface area contributed by atoms with Gasteiger partial charge >= 0.3 is 11.9 Å². The summed E-state index contributed by atoms with van der Waals surface area (Å²) in [6, 6.07) is 5.31. The fourth-order valence-electron chi connectivity index (χ4n) is 1.53. The molecule has 0 amide bonds. The van der Waals surface area contributed by atoms with Crippen LogP contribution in [0.25, 0.3) is 0 Å². The first kappa shape index (κ1) is 16.7. The molecule has 0 fully saturated rings. The van der Waals surface area contributed by atoms with E-state index in [9.17, 15) is 9.59 Å². The van der Waals surface area contributed by atoms with Gasteiger partial charge in [-0.2, -0.15) is 0 Å². The number of hydrogen-bond acceptors (Lipinski definition) is 4. The van der Waals surface area contributed by atoms with Crippen LogP contribution < -0.4 is 9.47 Å². The van der Waals surface area contributed by atoms with Crippen LogP contribution in [0.4, 0.5) is 0 Å². The topological polar surface area (TPSA) is 52.6 Å². The first-order chi connectivity index (χ1) is 9.60. The fraction of sp³-hybridized carbons (Fsp3) is 0.467. The Labute approximate surface area is 127 Å². The van der Waals surface area contributed by atoms with Crippen LogP contribution in [0.5, 0.6) is 11.5 Å². The van der Waals surface area contributed by atoms with Crippen molar-refractivity contribution in [1.29, 1.82) is 0 Å². The van der Waals surface area contributed by atoms with Crippen molar-refractivity contribution in [2.75, 3.05) is 5.33 Å². The average molecular weight is 343 g/mol. The van der Waals surface area contributed by atoms with E-state index in [4.69, 9.17) is 9.47 Å². The molecule has 0 aliphatic heterocycles. The zero-order valence-corrected chi connectivity index (χ0v) is 13.4. The third-order valence-electron chi connectivity index (χ3n) is 2.63. The summed E-state index contributed by atoms with van der Waals surface area (Å²) in [7, 11) is 0. The van der Waals surface area contributed by atoms with Gasteiger partial charge in [-0.05, 0) is 30.5 Å². The third kappa shape index (κ3) is 5.33. The summed E-state index contributed by atoms with van der Waals surface area (Å²) in [6.45, 7) is 3.43. The molecule has 0 bridgehead atoms. The van der Waals surface area contributed by atoms with Gasteiger partial charge < -0.3 is 9.47 Å². The smallest absolute Gasteiger partial charge is 0.311 e. The molecule has 0 radical (unpaired) electrons. The Balaban J connectivity index is 2.96. The molecule has 0 saturated heterocycles. The van der Waals surface area contributed by atoms with E-state index in [0.717, 1.165) is 23.7 Å². The number of alkyl halides is 1. The Bertz CT molecular complexity index is 471. The lowest BCUT2D eigenvalue weighted by Gasteiger charge is -2.11. The zero-order chi connectivity index (χ0) is 15.0. The van der Waals surface area contributed by atoms with E-state index in [1.807, 2.05) is 6.07 Å². The van der Waals surface area contributed by atoms with E-state index in [0.29, 0.717) is 11.5 Å². The van der Waals surface area contributed by atoms with Gasteiger partial charge in [0.15, 0.2) is 11.5 Å². The van der Waals surface area contributed by atoms with Gasteiger partial charge in [0, 0.05) is 18.2 Å². The molecular formula is C15H19BrO4. The first-order valence-corrected chi connectivity index (χ1v) is 7.83. The molecular weight excluding hydrogens is 324 g/mol. The maximum absolute atomic E-state index is 11.4. The number of halogens is 1. The SMILES string of the molecule is CCC(=O)Oc1ccc(CCCBr)cc1OC(=O)CC. The van der Waals surface area contributed by atoms with Crippen LogP contribution in [0.3, 0.4) is 0 Å². The van der Waals surface area contributed by atoms with Gasteiger partial charge in [0.2, 0.25) is 0 Å². The molecule has 0 aromatic heterocycles. The summed E-state index contributed by atoms with van der Waals surface area (Å²) >= 11 is 3.38. The van der Waals surface area contributed by atoms with Gasteiger partial charge in [-0.3, -0.25) is 9.59 Å². The normalized spacial score (nSPS) is 10.2.